The highest BCUT2D eigenvalue weighted by atomic mass is 35.5. The molecule has 1 aromatic carbocycles. The summed E-state index contributed by atoms with van der Waals surface area (Å²) in [5.41, 5.74) is 1.02. The van der Waals surface area contributed by atoms with Crippen LogP contribution in [0.2, 0.25) is 10.0 Å². The summed E-state index contributed by atoms with van der Waals surface area (Å²) >= 11 is 13.5. The zero-order valence-corrected chi connectivity index (χ0v) is 12.9. The molecule has 3 nitrogen and oxygen atoms in total. The Morgan fingerprint density at radius 3 is 2.68 bits per heavy atom. The topological polar surface area (TPSA) is 29.0 Å². The number of halogens is 2. The zero-order valence-electron chi connectivity index (χ0n) is 10.6. The van der Waals surface area contributed by atoms with Crippen LogP contribution in [-0.4, -0.2) is 24.1 Å². The average Bonchev–Trinajstić information content (AvgIpc) is 2.38. The van der Waals surface area contributed by atoms with Crippen molar-refractivity contribution in [1.82, 2.24) is 9.97 Å². The molecular formula is C13H13Cl2N3S. The number of benzene rings is 1. The molecule has 0 unspecified atom stereocenters. The van der Waals surface area contributed by atoms with Crippen LogP contribution in [0.1, 0.15) is 5.56 Å². The first-order chi connectivity index (χ1) is 9.06. The zero-order chi connectivity index (χ0) is 13.8. The Kier molecular flexibility index (Phi) is 4.91. The van der Waals surface area contributed by atoms with Crippen LogP contribution in [0.4, 0.5) is 5.82 Å². The highest BCUT2D eigenvalue weighted by molar-refractivity contribution is 7.98. The van der Waals surface area contributed by atoms with Crippen molar-refractivity contribution in [3.63, 3.8) is 0 Å². The molecule has 1 heterocycles. The predicted molar refractivity (Wildman–Crippen MR) is 82.4 cm³/mol. The minimum Gasteiger partial charge on any atom is -0.363 e. The van der Waals surface area contributed by atoms with E-state index in [-0.39, 0.29) is 0 Å². The molecule has 1 aromatic heterocycles. The van der Waals surface area contributed by atoms with Crippen molar-refractivity contribution in [3.05, 3.63) is 46.1 Å². The molecule has 0 radical (unpaired) electrons. The van der Waals surface area contributed by atoms with Gasteiger partial charge >= 0.3 is 0 Å². The lowest BCUT2D eigenvalue weighted by Gasteiger charge is -2.11. The fraction of sp³-hybridized carbons (Fsp3) is 0.231. The van der Waals surface area contributed by atoms with Gasteiger partial charge in [-0.25, -0.2) is 9.97 Å². The molecular weight excluding hydrogens is 301 g/mol. The number of aromatic nitrogens is 2. The van der Waals surface area contributed by atoms with E-state index in [1.807, 2.05) is 37.2 Å². The van der Waals surface area contributed by atoms with Crippen LogP contribution >= 0.6 is 35.0 Å². The van der Waals surface area contributed by atoms with E-state index >= 15 is 0 Å². The molecule has 0 aliphatic carbocycles. The lowest BCUT2D eigenvalue weighted by atomic mass is 10.2. The first-order valence-electron chi connectivity index (χ1n) is 5.63. The smallest absolute Gasteiger partial charge is 0.189 e. The van der Waals surface area contributed by atoms with Crippen LogP contribution in [0, 0.1) is 0 Å². The first kappa shape index (κ1) is 14.4. The normalized spacial score (nSPS) is 10.5. The number of anilines is 1. The largest absolute Gasteiger partial charge is 0.363 e. The minimum absolute atomic E-state index is 0.643. The van der Waals surface area contributed by atoms with Gasteiger partial charge in [0.15, 0.2) is 5.16 Å². The molecule has 100 valence electrons. The van der Waals surface area contributed by atoms with Crippen LogP contribution < -0.4 is 4.90 Å². The van der Waals surface area contributed by atoms with Gasteiger partial charge in [0.2, 0.25) is 0 Å². The molecule has 19 heavy (non-hydrogen) atoms. The van der Waals surface area contributed by atoms with Crippen LogP contribution in [0.3, 0.4) is 0 Å². The Morgan fingerprint density at radius 2 is 2.00 bits per heavy atom. The number of thioether (sulfide) groups is 1. The van der Waals surface area contributed by atoms with Gasteiger partial charge in [-0.05, 0) is 23.8 Å². The van der Waals surface area contributed by atoms with Gasteiger partial charge in [-0.2, -0.15) is 0 Å². The summed E-state index contributed by atoms with van der Waals surface area (Å²) in [5, 5.41) is 2.05. The standard InChI is InChI=1S/C13H13Cl2N3S/c1-18(2)12-5-6-16-13(17-12)19-8-9-3-4-10(14)7-11(9)15/h3-7H,8H2,1-2H3. The van der Waals surface area contributed by atoms with Crippen molar-refractivity contribution in [3.8, 4) is 0 Å². The van der Waals surface area contributed by atoms with Crippen LogP contribution in [0.15, 0.2) is 35.6 Å². The third kappa shape index (κ3) is 4.00. The molecule has 2 rings (SSSR count). The molecule has 6 heteroatoms. The molecule has 0 aliphatic rings. The second-order valence-corrected chi connectivity index (χ2v) is 5.90. The van der Waals surface area contributed by atoms with E-state index < -0.39 is 0 Å². The Morgan fingerprint density at radius 1 is 1.21 bits per heavy atom. The fourth-order valence-electron chi connectivity index (χ4n) is 1.43. The fourth-order valence-corrected chi connectivity index (χ4v) is 2.82. The van der Waals surface area contributed by atoms with Crippen molar-refractivity contribution in [2.24, 2.45) is 0 Å². The van der Waals surface area contributed by atoms with Gasteiger partial charge in [-0.1, -0.05) is 41.0 Å². The minimum atomic E-state index is 0.643. The van der Waals surface area contributed by atoms with E-state index in [1.165, 1.54) is 0 Å². The molecule has 0 spiro atoms. The Labute approximate surface area is 127 Å². The number of hydrogen-bond donors (Lipinski definition) is 0. The lowest BCUT2D eigenvalue weighted by molar-refractivity contribution is 0.927. The Hall–Kier alpha value is -0.970. The molecule has 0 amide bonds. The van der Waals surface area contributed by atoms with Gasteiger partial charge < -0.3 is 4.90 Å². The van der Waals surface area contributed by atoms with Gasteiger partial charge in [0.05, 0.1) is 0 Å². The van der Waals surface area contributed by atoms with E-state index in [4.69, 9.17) is 23.2 Å². The Bertz CT molecular complexity index is 576. The average molecular weight is 314 g/mol. The van der Waals surface area contributed by atoms with E-state index in [1.54, 1.807) is 24.0 Å². The molecule has 0 saturated carbocycles. The van der Waals surface area contributed by atoms with E-state index in [0.29, 0.717) is 15.8 Å². The highest BCUT2D eigenvalue weighted by Gasteiger charge is 2.05. The van der Waals surface area contributed by atoms with Crippen molar-refractivity contribution >= 4 is 40.8 Å². The van der Waals surface area contributed by atoms with Gasteiger partial charge in [-0.3, -0.25) is 0 Å². The van der Waals surface area contributed by atoms with Crippen molar-refractivity contribution in [2.45, 2.75) is 10.9 Å². The highest BCUT2D eigenvalue weighted by Crippen LogP contribution is 2.27. The summed E-state index contributed by atoms with van der Waals surface area (Å²) < 4.78 is 0. The maximum atomic E-state index is 6.13. The maximum absolute atomic E-state index is 6.13. The van der Waals surface area contributed by atoms with Crippen molar-refractivity contribution in [1.29, 1.82) is 0 Å². The van der Waals surface area contributed by atoms with E-state index in [9.17, 15) is 0 Å². The Balaban J connectivity index is 2.08. The van der Waals surface area contributed by atoms with Crippen LogP contribution in [0.25, 0.3) is 0 Å². The lowest BCUT2D eigenvalue weighted by Crippen LogP contribution is -2.11. The van der Waals surface area contributed by atoms with Gasteiger partial charge in [-0.15, -0.1) is 0 Å². The number of hydrogen-bond acceptors (Lipinski definition) is 4. The molecule has 2 aromatic rings. The molecule has 0 fully saturated rings. The molecule has 0 aliphatic heterocycles. The summed E-state index contributed by atoms with van der Waals surface area (Å²) in [6.45, 7) is 0. The molecule has 0 saturated heterocycles. The SMILES string of the molecule is CN(C)c1ccnc(SCc2ccc(Cl)cc2Cl)n1. The predicted octanol–water partition coefficient (Wildman–Crippen LogP) is 4.14. The maximum Gasteiger partial charge on any atom is 0.189 e. The first-order valence-corrected chi connectivity index (χ1v) is 7.37. The van der Waals surface area contributed by atoms with Gasteiger partial charge in [0.25, 0.3) is 0 Å². The number of rotatable bonds is 4. The van der Waals surface area contributed by atoms with Gasteiger partial charge in [0, 0.05) is 36.1 Å². The summed E-state index contributed by atoms with van der Waals surface area (Å²) in [6.07, 6.45) is 1.76. The van der Waals surface area contributed by atoms with E-state index in [2.05, 4.69) is 9.97 Å². The third-order valence-corrected chi connectivity index (χ3v) is 3.95. The molecule has 0 N–H and O–H groups in total. The molecule has 0 bridgehead atoms. The summed E-state index contributed by atoms with van der Waals surface area (Å²) in [5.74, 6) is 1.60. The summed E-state index contributed by atoms with van der Waals surface area (Å²) in [4.78, 5) is 10.6. The summed E-state index contributed by atoms with van der Waals surface area (Å²) in [6, 6.07) is 7.38. The van der Waals surface area contributed by atoms with Crippen molar-refractivity contribution < 1.29 is 0 Å². The quantitative estimate of drug-likeness (QED) is 0.626. The van der Waals surface area contributed by atoms with Crippen LogP contribution in [0.5, 0.6) is 0 Å². The molecule has 0 atom stereocenters. The second kappa shape index (κ2) is 6.46. The van der Waals surface area contributed by atoms with Gasteiger partial charge in [0.1, 0.15) is 5.82 Å². The number of nitrogens with zero attached hydrogens (tertiary/aromatic N) is 3. The van der Waals surface area contributed by atoms with Crippen molar-refractivity contribution in [2.75, 3.05) is 19.0 Å². The summed E-state index contributed by atoms with van der Waals surface area (Å²) in [7, 11) is 3.90. The van der Waals surface area contributed by atoms with Crippen LogP contribution in [-0.2, 0) is 5.75 Å². The third-order valence-electron chi connectivity index (χ3n) is 2.45. The monoisotopic (exact) mass is 313 g/mol. The second-order valence-electron chi connectivity index (χ2n) is 4.12. The van der Waals surface area contributed by atoms with E-state index in [0.717, 1.165) is 16.5 Å².